The summed E-state index contributed by atoms with van der Waals surface area (Å²) < 4.78 is 28.2. The van der Waals surface area contributed by atoms with Gasteiger partial charge in [-0.1, -0.05) is 6.07 Å². The molecule has 0 saturated carbocycles. The summed E-state index contributed by atoms with van der Waals surface area (Å²) >= 11 is 0. The number of aliphatic hydroxyl groups is 1. The maximum absolute atomic E-state index is 13.5. The molecule has 0 fully saturated rings. The number of hydrogen-bond acceptors (Lipinski definition) is 2. The first kappa shape index (κ1) is 13.7. The highest BCUT2D eigenvalue weighted by Gasteiger charge is 2.13. The van der Waals surface area contributed by atoms with Gasteiger partial charge in [-0.15, -0.1) is 0 Å². The van der Waals surface area contributed by atoms with E-state index in [1.165, 1.54) is 12.1 Å². The number of aliphatic hydroxyl groups excluding tert-OH is 1. The molecule has 1 aromatic heterocycles. The molecule has 1 N–H and O–H groups in total. The first-order valence-electron chi connectivity index (χ1n) is 6.22. The van der Waals surface area contributed by atoms with Gasteiger partial charge >= 0.3 is 0 Å². The molecule has 0 aliphatic heterocycles. The minimum atomic E-state index is -0.743. The van der Waals surface area contributed by atoms with Crippen molar-refractivity contribution in [2.75, 3.05) is 0 Å². The van der Waals surface area contributed by atoms with Crippen molar-refractivity contribution in [3.63, 3.8) is 0 Å². The van der Waals surface area contributed by atoms with Gasteiger partial charge in [0, 0.05) is 37.8 Å². The topological polar surface area (TPSA) is 38.0 Å². The molecule has 1 aromatic carbocycles. The number of benzene rings is 1. The van der Waals surface area contributed by atoms with Crippen LogP contribution in [0, 0.1) is 11.6 Å². The fraction of sp³-hybridized carbons (Fsp3) is 0.357. The Morgan fingerprint density at radius 2 is 2.11 bits per heavy atom. The van der Waals surface area contributed by atoms with Crippen molar-refractivity contribution in [2.24, 2.45) is 0 Å². The van der Waals surface area contributed by atoms with Crippen LogP contribution in [-0.4, -0.2) is 20.8 Å². The Hall–Kier alpha value is -1.75. The van der Waals surface area contributed by atoms with E-state index in [4.69, 9.17) is 0 Å². The number of nitrogens with zero attached hydrogens (tertiary/aromatic N) is 2. The highest BCUT2D eigenvalue weighted by atomic mass is 19.1. The average Bonchev–Trinajstić information content (AvgIpc) is 2.80. The SMILES string of the molecule is CCn1ccnc1CC(O)Cc1ccc(F)cc1F. The zero-order valence-electron chi connectivity index (χ0n) is 10.7. The molecule has 2 rings (SSSR count). The lowest BCUT2D eigenvalue weighted by molar-refractivity contribution is 0.170. The number of hydrogen-bond donors (Lipinski definition) is 1. The van der Waals surface area contributed by atoms with Crippen LogP contribution in [0.3, 0.4) is 0 Å². The highest BCUT2D eigenvalue weighted by molar-refractivity contribution is 5.19. The molecule has 1 unspecified atom stereocenters. The minimum absolute atomic E-state index is 0.142. The second-order valence-corrected chi connectivity index (χ2v) is 4.43. The molecule has 0 amide bonds. The van der Waals surface area contributed by atoms with E-state index in [1.54, 1.807) is 6.20 Å². The van der Waals surface area contributed by atoms with Gasteiger partial charge in [-0.3, -0.25) is 0 Å². The van der Waals surface area contributed by atoms with Crippen LogP contribution in [0.2, 0.25) is 0 Å². The van der Waals surface area contributed by atoms with Gasteiger partial charge in [-0.05, 0) is 18.6 Å². The number of imidazole rings is 1. The lowest BCUT2D eigenvalue weighted by atomic mass is 10.0. The van der Waals surface area contributed by atoms with Crippen LogP contribution < -0.4 is 0 Å². The van der Waals surface area contributed by atoms with Crippen molar-refractivity contribution in [1.29, 1.82) is 0 Å². The Morgan fingerprint density at radius 3 is 2.79 bits per heavy atom. The summed E-state index contributed by atoms with van der Waals surface area (Å²) in [6.45, 7) is 2.75. The summed E-state index contributed by atoms with van der Waals surface area (Å²) in [4.78, 5) is 4.15. The van der Waals surface area contributed by atoms with E-state index in [1.807, 2.05) is 17.7 Å². The summed E-state index contributed by atoms with van der Waals surface area (Å²) in [6, 6.07) is 3.38. The first-order chi connectivity index (χ1) is 9.10. The number of aromatic nitrogens is 2. The minimum Gasteiger partial charge on any atom is -0.392 e. The zero-order valence-corrected chi connectivity index (χ0v) is 10.7. The van der Waals surface area contributed by atoms with E-state index in [0.717, 1.165) is 18.4 Å². The molecule has 2 aromatic rings. The van der Waals surface area contributed by atoms with Crippen LogP contribution >= 0.6 is 0 Å². The van der Waals surface area contributed by atoms with Crippen LogP contribution in [0.1, 0.15) is 18.3 Å². The number of aryl methyl sites for hydroxylation is 1. The summed E-state index contributed by atoms with van der Waals surface area (Å²) in [7, 11) is 0. The van der Waals surface area contributed by atoms with Crippen molar-refractivity contribution in [3.8, 4) is 0 Å². The molecule has 3 nitrogen and oxygen atoms in total. The van der Waals surface area contributed by atoms with E-state index < -0.39 is 17.7 Å². The van der Waals surface area contributed by atoms with Crippen LogP contribution in [0.15, 0.2) is 30.6 Å². The summed E-state index contributed by atoms with van der Waals surface area (Å²) in [5.41, 5.74) is 0.309. The van der Waals surface area contributed by atoms with Gasteiger partial charge < -0.3 is 9.67 Å². The van der Waals surface area contributed by atoms with Crippen LogP contribution in [0.5, 0.6) is 0 Å². The van der Waals surface area contributed by atoms with Gasteiger partial charge in [-0.25, -0.2) is 13.8 Å². The van der Waals surface area contributed by atoms with Gasteiger partial charge in [0.2, 0.25) is 0 Å². The summed E-state index contributed by atoms with van der Waals surface area (Å²) in [5, 5.41) is 9.97. The summed E-state index contributed by atoms with van der Waals surface area (Å²) in [5.74, 6) is -0.479. The third kappa shape index (κ3) is 3.38. The zero-order chi connectivity index (χ0) is 13.8. The molecular weight excluding hydrogens is 250 g/mol. The van der Waals surface area contributed by atoms with E-state index in [0.29, 0.717) is 12.0 Å². The molecule has 5 heteroatoms. The fourth-order valence-corrected chi connectivity index (χ4v) is 2.04. The normalized spacial score (nSPS) is 12.6. The van der Waals surface area contributed by atoms with Crippen molar-refractivity contribution in [3.05, 3.63) is 53.6 Å². The van der Waals surface area contributed by atoms with Crippen molar-refractivity contribution in [1.82, 2.24) is 9.55 Å². The highest BCUT2D eigenvalue weighted by Crippen LogP contribution is 2.13. The third-order valence-corrected chi connectivity index (χ3v) is 3.03. The van der Waals surface area contributed by atoms with Crippen molar-refractivity contribution in [2.45, 2.75) is 32.4 Å². The van der Waals surface area contributed by atoms with E-state index in [9.17, 15) is 13.9 Å². The molecule has 19 heavy (non-hydrogen) atoms. The molecule has 0 aliphatic rings. The Kier molecular flexibility index (Phi) is 4.27. The second-order valence-electron chi connectivity index (χ2n) is 4.43. The van der Waals surface area contributed by atoms with E-state index in [-0.39, 0.29) is 6.42 Å². The quantitative estimate of drug-likeness (QED) is 0.902. The Labute approximate surface area is 110 Å². The molecule has 102 valence electrons. The van der Waals surface area contributed by atoms with Gasteiger partial charge in [0.1, 0.15) is 17.5 Å². The van der Waals surface area contributed by atoms with Crippen molar-refractivity contribution >= 4 is 0 Å². The van der Waals surface area contributed by atoms with Crippen LogP contribution in [0.25, 0.3) is 0 Å². The molecule has 0 spiro atoms. The lowest BCUT2D eigenvalue weighted by Crippen LogP contribution is -2.18. The molecule has 1 heterocycles. The Bertz CT molecular complexity index is 554. The van der Waals surface area contributed by atoms with Crippen LogP contribution in [0.4, 0.5) is 8.78 Å². The van der Waals surface area contributed by atoms with E-state index >= 15 is 0 Å². The Morgan fingerprint density at radius 1 is 1.32 bits per heavy atom. The van der Waals surface area contributed by atoms with Gasteiger partial charge in [0.15, 0.2) is 0 Å². The maximum Gasteiger partial charge on any atom is 0.129 e. The number of halogens is 2. The van der Waals surface area contributed by atoms with Crippen LogP contribution in [-0.2, 0) is 19.4 Å². The fourth-order valence-electron chi connectivity index (χ4n) is 2.04. The Balaban J connectivity index is 2.03. The molecule has 0 bridgehead atoms. The molecule has 1 atom stereocenters. The first-order valence-corrected chi connectivity index (χ1v) is 6.22. The average molecular weight is 266 g/mol. The molecule has 0 radical (unpaired) electrons. The third-order valence-electron chi connectivity index (χ3n) is 3.03. The maximum atomic E-state index is 13.5. The number of rotatable bonds is 5. The lowest BCUT2D eigenvalue weighted by Gasteiger charge is -2.12. The molecular formula is C14H16F2N2O. The van der Waals surface area contributed by atoms with E-state index in [2.05, 4.69) is 4.98 Å². The predicted octanol–water partition coefficient (Wildman–Crippen LogP) is 2.33. The molecule has 0 aliphatic carbocycles. The monoisotopic (exact) mass is 266 g/mol. The van der Waals surface area contributed by atoms with Gasteiger partial charge in [0.25, 0.3) is 0 Å². The standard InChI is InChI=1S/C14H16F2N2O/c1-2-18-6-5-17-14(18)9-12(19)7-10-3-4-11(15)8-13(10)16/h3-6,8,12,19H,2,7,9H2,1H3. The predicted molar refractivity (Wildman–Crippen MR) is 67.7 cm³/mol. The summed E-state index contributed by atoms with van der Waals surface area (Å²) in [6.07, 6.45) is 3.25. The largest absolute Gasteiger partial charge is 0.392 e. The van der Waals surface area contributed by atoms with Crippen molar-refractivity contribution < 1.29 is 13.9 Å². The van der Waals surface area contributed by atoms with Gasteiger partial charge in [-0.2, -0.15) is 0 Å². The second kappa shape index (κ2) is 5.93. The van der Waals surface area contributed by atoms with Gasteiger partial charge in [0.05, 0.1) is 6.10 Å². The smallest absolute Gasteiger partial charge is 0.129 e. The molecule has 0 saturated heterocycles.